The summed E-state index contributed by atoms with van der Waals surface area (Å²) >= 11 is 1.62. The van der Waals surface area contributed by atoms with E-state index in [9.17, 15) is 0 Å². The number of hydrogen-bond acceptors (Lipinski definition) is 6. The molecule has 0 amide bonds. The van der Waals surface area contributed by atoms with E-state index < -0.39 is 0 Å². The Morgan fingerprint density at radius 1 is 1.24 bits per heavy atom. The highest BCUT2D eigenvalue weighted by Crippen LogP contribution is 2.26. The molecule has 160 valence electrons. The minimum absolute atomic E-state index is 0.00827. The summed E-state index contributed by atoms with van der Waals surface area (Å²) in [6.07, 6.45) is -0.0873. The highest BCUT2D eigenvalue weighted by molar-refractivity contribution is 7.09. The predicted molar refractivity (Wildman–Crippen MR) is 118 cm³/mol. The summed E-state index contributed by atoms with van der Waals surface area (Å²) in [4.78, 5) is 11.5. The van der Waals surface area contributed by atoms with Crippen LogP contribution in [0.4, 0.5) is 0 Å². The largest absolute Gasteiger partial charge is 0.493 e. The van der Waals surface area contributed by atoms with Gasteiger partial charge in [0.05, 0.1) is 25.9 Å². The zero-order chi connectivity index (χ0) is 21.2. The molecule has 1 aromatic heterocycles. The maximum Gasteiger partial charge on any atom is 0.194 e. The Labute approximate surface area is 177 Å². The van der Waals surface area contributed by atoms with Crippen molar-refractivity contribution in [2.24, 2.45) is 4.99 Å². The SMILES string of the molecule is CCNC(=NCC(C)Oc1ccccc1OC)N(C)Cc1csc(C(C)OC)n1. The van der Waals surface area contributed by atoms with Crippen LogP contribution in [0.5, 0.6) is 11.5 Å². The number of benzene rings is 1. The molecule has 29 heavy (non-hydrogen) atoms. The van der Waals surface area contributed by atoms with Crippen LogP contribution in [0.15, 0.2) is 34.6 Å². The van der Waals surface area contributed by atoms with Crippen molar-refractivity contribution in [3.63, 3.8) is 0 Å². The Morgan fingerprint density at radius 2 is 1.97 bits per heavy atom. The highest BCUT2D eigenvalue weighted by Gasteiger charge is 2.14. The number of nitrogens with zero attached hydrogens (tertiary/aromatic N) is 3. The first-order chi connectivity index (χ1) is 14.0. The maximum atomic E-state index is 6.00. The van der Waals surface area contributed by atoms with E-state index in [0.29, 0.717) is 13.1 Å². The molecule has 0 aliphatic carbocycles. The average Bonchev–Trinajstić information content (AvgIpc) is 3.19. The van der Waals surface area contributed by atoms with Crippen LogP contribution in [0.2, 0.25) is 0 Å². The van der Waals surface area contributed by atoms with Crippen LogP contribution >= 0.6 is 11.3 Å². The van der Waals surface area contributed by atoms with Gasteiger partial charge in [-0.25, -0.2) is 9.98 Å². The standard InChI is InChI=1S/C21H32N4O3S/c1-7-22-21(25(4)13-17-14-29-20(24-17)16(3)26-5)23-12-15(2)28-19-11-9-8-10-18(19)27-6/h8-11,14-16H,7,12-13H2,1-6H3,(H,22,23). The summed E-state index contributed by atoms with van der Waals surface area (Å²) in [5, 5.41) is 6.38. The van der Waals surface area contributed by atoms with E-state index in [0.717, 1.165) is 34.7 Å². The number of thiazole rings is 1. The molecule has 7 nitrogen and oxygen atoms in total. The molecule has 0 saturated heterocycles. The molecule has 0 saturated carbocycles. The Bertz CT molecular complexity index is 781. The minimum Gasteiger partial charge on any atom is -0.493 e. The van der Waals surface area contributed by atoms with E-state index in [1.165, 1.54) is 0 Å². The molecule has 2 unspecified atom stereocenters. The van der Waals surface area contributed by atoms with E-state index in [-0.39, 0.29) is 12.2 Å². The van der Waals surface area contributed by atoms with E-state index in [4.69, 9.17) is 19.2 Å². The fraction of sp³-hybridized carbons (Fsp3) is 0.524. The Balaban J connectivity index is 1.99. The third kappa shape index (κ3) is 6.90. The van der Waals surface area contributed by atoms with Gasteiger partial charge in [0.25, 0.3) is 0 Å². The molecule has 0 aliphatic heterocycles. The molecule has 1 N–H and O–H groups in total. The number of aliphatic imine (C=N–C) groups is 1. The third-order valence-corrected chi connectivity index (χ3v) is 5.32. The summed E-state index contributed by atoms with van der Waals surface area (Å²) in [6, 6.07) is 7.63. The van der Waals surface area contributed by atoms with Gasteiger partial charge in [-0.1, -0.05) is 12.1 Å². The van der Waals surface area contributed by atoms with Crippen molar-refractivity contribution >= 4 is 17.3 Å². The smallest absolute Gasteiger partial charge is 0.194 e. The average molecular weight is 421 g/mol. The lowest BCUT2D eigenvalue weighted by Crippen LogP contribution is -2.39. The lowest BCUT2D eigenvalue weighted by molar-refractivity contribution is 0.119. The fourth-order valence-electron chi connectivity index (χ4n) is 2.66. The second-order valence-electron chi connectivity index (χ2n) is 6.69. The van der Waals surface area contributed by atoms with Crippen LogP contribution in [0.25, 0.3) is 0 Å². The van der Waals surface area contributed by atoms with E-state index in [1.54, 1.807) is 25.6 Å². The van der Waals surface area contributed by atoms with Crippen molar-refractivity contribution in [2.45, 2.75) is 39.5 Å². The van der Waals surface area contributed by atoms with Crippen molar-refractivity contribution < 1.29 is 14.2 Å². The molecule has 1 aromatic carbocycles. The second-order valence-corrected chi connectivity index (χ2v) is 7.57. The number of hydrogen-bond donors (Lipinski definition) is 1. The van der Waals surface area contributed by atoms with Crippen LogP contribution in [-0.4, -0.2) is 56.3 Å². The van der Waals surface area contributed by atoms with E-state index in [1.807, 2.05) is 45.2 Å². The molecule has 0 fully saturated rings. The van der Waals surface area contributed by atoms with Gasteiger partial charge < -0.3 is 24.4 Å². The first-order valence-corrected chi connectivity index (χ1v) is 10.6. The quantitative estimate of drug-likeness (QED) is 0.467. The molecule has 0 spiro atoms. The zero-order valence-electron chi connectivity index (χ0n) is 18.1. The number of methoxy groups -OCH3 is 2. The molecule has 1 heterocycles. The number of ether oxygens (including phenoxy) is 3. The fourth-order valence-corrected chi connectivity index (χ4v) is 3.50. The van der Waals surface area contributed by atoms with Crippen LogP contribution in [-0.2, 0) is 11.3 Å². The number of para-hydroxylation sites is 2. The van der Waals surface area contributed by atoms with Crippen LogP contribution in [0.3, 0.4) is 0 Å². The van der Waals surface area contributed by atoms with Gasteiger partial charge in [-0.2, -0.15) is 0 Å². The Morgan fingerprint density at radius 3 is 2.62 bits per heavy atom. The van der Waals surface area contributed by atoms with Crippen molar-refractivity contribution in [1.29, 1.82) is 0 Å². The molecule has 2 atom stereocenters. The lowest BCUT2D eigenvalue weighted by atomic mass is 10.3. The van der Waals surface area contributed by atoms with Gasteiger partial charge in [-0.15, -0.1) is 11.3 Å². The summed E-state index contributed by atoms with van der Waals surface area (Å²) in [5.74, 6) is 2.26. The predicted octanol–water partition coefficient (Wildman–Crippen LogP) is 3.72. The van der Waals surface area contributed by atoms with Gasteiger partial charge in [-0.3, -0.25) is 0 Å². The van der Waals surface area contributed by atoms with Gasteiger partial charge >= 0.3 is 0 Å². The highest BCUT2D eigenvalue weighted by atomic mass is 32.1. The molecule has 0 aliphatic rings. The molecule has 2 aromatic rings. The summed E-state index contributed by atoms with van der Waals surface area (Å²) in [7, 11) is 5.34. The van der Waals surface area contributed by atoms with Gasteiger partial charge in [0.2, 0.25) is 0 Å². The second kappa shape index (κ2) is 11.6. The number of guanidine groups is 1. The Kier molecular flexibility index (Phi) is 9.21. The van der Waals surface area contributed by atoms with Crippen molar-refractivity contribution in [2.75, 3.05) is 34.4 Å². The zero-order valence-corrected chi connectivity index (χ0v) is 19.0. The summed E-state index contributed by atoms with van der Waals surface area (Å²) < 4.78 is 16.7. The number of aromatic nitrogens is 1. The third-order valence-electron chi connectivity index (χ3n) is 4.26. The molecule has 8 heteroatoms. The minimum atomic E-state index is -0.0956. The van der Waals surface area contributed by atoms with E-state index in [2.05, 4.69) is 27.5 Å². The summed E-state index contributed by atoms with van der Waals surface area (Å²) in [6.45, 7) is 8.03. The van der Waals surface area contributed by atoms with Gasteiger partial charge in [0.15, 0.2) is 17.5 Å². The van der Waals surface area contributed by atoms with Crippen LogP contribution < -0.4 is 14.8 Å². The van der Waals surface area contributed by atoms with E-state index >= 15 is 0 Å². The lowest BCUT2D eigenvalue weighted by Gasteiger charge is -2.22. The molecule has 0 bridgehead atoms. The van der Waals surface area contributed by atoms with Gasteiger partial charge in [0, 0.05) is 26.1 Å². The summed E-state index contributed by atoms with van der Waals surface area (Å²) in [5.41, 5.74) is 1.00. The first-order valence-electron chi connectivity index (χ1n) is 9.74. The van der Waals surface area contributed by atoms with Crippen molar-refractivity contribution in [3.8, 4) is 11.5 Å². The molecular formula is C21H32N4O3S. The van der Waals surface area contributed by atoms with Crippen molar-refractivity contribution in [3.05, 3.63) is 40.3 Å². The molecule has 2 rings (SSSR count). The topological polar surface area (TPSA) is 68.2 Å². The molecule has 0 radical (unpaired) electrons. The number of rotatable bonds is 10. The van der Waals surface area contributed by atoms with Gasteiger partial charge in [-0.05, 0) is 32.9 Å². The van der Waals surface area contributed by atoms with Crippen LogP contribution in [0, 0.1) is 0 Å². The van der Waals surface area contributed by atoms with Crippen molar-refractivity contribution in [1.82, 2.24) is 15.2 Å². The first kappa shape index (κ1) is 23.0. The Hall–Kier alpha value is -2.32. The van der Waals surface area contributed by atoms with Crippen LogP contribution in [0.1, 0.15) is 37.6 Å². The normalized spacial score (nSPS) is 13.7. The number of nitrogens with one attached hydrogen (secondary N) is 1. The molecular weight excluding hydrogens is 388 g/mol. The van der Waals surface area contributed by atoms with Gasteiger partial charge in [0.1, 0.15) is 17.2 Å². The monoisotopic (exact) mass is 420 g/mol. The maximum absolute atomic E-state index is 6.00.